The van der Waals surface area contributed by atoms with Crippen LogP contribution in [0.5, 0.6) is 17.2 Å². The second-order valence-corrected chi connectivity index (χ2v) is 6.22. The van der Waals surface area contributed by atoms with Crippen LogP contribution in [0.25, 0.3) is 0 Å². The number of ether oxygens (including phenoxy) is 3. The van der Waals surface area contributed by atoms with E-state index in [0.717, 1.165) is 0 Å². The summed E-state index contributed by atoms with van der Waals surface area (Å²) in [4.78, 5) is 24.6. The van der Waals surface area contributed by atoms with Gasteiger partial charge in [-0.15, -0.1) is 0 Å². The van der Waals surface area contributed by atoms with Gasteiger partial charge in [-0.2, -0.15) is 0 Å². The molecule has 154 valence electrons. The molecule has 0 fully saturated rings. The molecule has 3 aromatic rings. The first-order valence-corrected chi connectivity index (χ1v) is 9.21. The highest BCUT2D eigenvalue weighted by Gasteiger charge is 2.11. The Labute approximate surface area is 174 Å². The molecule has 7 nitrogen and oxygen atoms in total. The van der Waals surface area contributed by atoms with Gasteiger partial charge in [0.1, 0.15) is 17.2 Å². The SMILES string of the molecule is COc1ccccc1NC(=O)COc1ccc(C(=O)Nc2ccccc2OC)cc1. The van der Waals surface area contributed by atoms with Crippen LogP contribution in [0.3, 0.4) is 0 Å². The van der Waals surface area contributed by atoms with Crippen LogP contribution in [0.2, 0.25) is 0 Å². The summed E-state index contributed by atoms with van der Waals surface area (Å²) in [7, 11) is 3.08. The van der Waals surface area contributed by atoms with E-state index >= 15 is 0 Å². The first-order valence-electron chi connectivity index (χ1n) is 9.21. The Bertz CT molecular complexity index is 1020. The molecule has 0 aromatic heterocycles. The Balaban J connectivity index is 1.55. The van der Waals surface area contributed by atoms with E-state index in [-0.39, 0.29) is 18.4 Å². The summed E-state index contributed by atoms with van der Waals surface area (Å²) >= 11 is 0. The number of para-hydroxylation sites is 4. The van der Waals surface area contributed by atoms with Gasteiger partial charge in [0.15, 0.2) is 6.61 Å². The predicted octanol–water partition coefficient (Wildman–Crippen LogP) is 3.97. The van der Waals surface area contributed by atoms with Crippen molar-refractivity contribution in [2.45, 2.75) is 0 Å². The number of hydrogen-bond acceptors (Lipinski definition) is 5. The summed E-state index contributed by atoms with van der Waals surface area (Å²) < 4.78 is 15.9. The maximum absolute atomic E-state index is 12.4. The number of carbonyl (C=O) groups is 2. The molecule has 0 aliphatic carbocycles. The van der Waals surface area contributed by atoms with Crippen molar-refractivity contribution >= 4 is 23.2 Å². The molecule has 0 unspecified atom stereocenters. The molecule has 2 N–H and O–H groups in total. The van der Waals surface area contributed by atoms with Gasteiger partial charge in [0.2, 0.25) is 0 Å². The van der Waals surface area contributed by atoms with Crippen molar-refractivity contribution in [3.05, 3.63) is 78.4 Å². The van der Waals surface area contributed by atoms with Gasteiger partial charge < -0.3 is 24.8 Å². The number of nitrogens with one attached hydrogen (secondary N) is 2. The first kappa shape index (κ1) is 20.7. The molecule has 0 bridgehead atoms. The van der Waals surface area contributed by atoms with Crippen molar-refractivity contribution in [2.24, 2.45) is 0 Å². The van der Waals surface area contributed by atoms with Crippen molar-refractivity contribution in [3.8, 4) is 17.2 Å². The van der Waals surface area contributed by atoms with Crippen molar-refractivity contribution in [1.82, 2.24) is 0 Å². The predicted molar refractivity (Wildman–Crippen MR) is 115 cm³/mol. The van der Waals surface area contributed by atoms with Crippen molar-refractivity contribution in [2.75, 3.05) is 31.5 Å². The van der Waals surface area contributed by atoms with Crippen LogP contribution in [0.15, 0.2) is 72.8 Å². The zero-order valence-corrected chi connectivity index (χ0v) is 16.7. The molecule has 0 aliphatic heterocycles. The Morgan fingerprint density at radius 3 is 1.83 bits per heavy atom. The van der Waals surface area contributed by atoms with Crippen LogP contribution in [0.1, 0.15) is 10.4 Å². The molecule has 0 saturated carbocycles. The average Bonchev–Trinajstić information content (AvgIpc) is 2.78. The first-order chi connectivity index (χ1) is 14.6. The number of methoxy groups -OCH3 is 2. The lowest BCUT2D eigenvalue weighted by Crippen LogP contribution is -2.20. The lowest BCUT2D eigenvalue weighted by Gasteiger charge is -2.11. The molecule has 2 amide bonds. The zero-order chi connectivity index (χ0) is 21.3. The van der Waals surface area contributed by atoms with E-state index in [1.165, 1.54) is 7.11 Å². The third-order valence-electron chi connectivity index (χ3n) is 4.22. The number of rotatable bonds is 8. The minimum atomic E-state index is -0.322. The average molecular weight is 406 g/mol. The normalized spacial score (nSPS) is 10.1. The molecule has 3 rings (SSSR count). The fourth-order valence-corrected chi connectivity index (χ4v) is 2.73. The molecule has 0 atom stereocenters. The number of carbonyl (C=O) groups excluding carboxylic acids is 2. The quantitative estimate of drug-likeness (QED) is 0.591. The fraction of sp³-hybridized carbons (Fsp3) is 0.130. The maximum atomic E-state index is 12.4. The molecule has 3 aromatic carbocycles. The summed E-state index contributed by atoms with van der Waals surface area (Å²) in [5.74, 6) is 1.01. The highest BCUT2D eigenvalue weighted by atomic mass is 16.5. The Morgan fingerprint density at radius 2 is 1.27 bits per heavy atom. The monoisotopic (exact) mass is 406 g/mol. The van der Waals surface area contributed by atoms with E-state index in [0.29, 0.717) is 34.2 Å². The molecule has 0 spiro atoms. The van der Waals surface area contributed by atoms with E-state index in [1.54, 1.807) is 61.7 Å². The third-order valence-corrected chi connectivity index (χ3v) is 4.22. The zero-order valence-electron chi connectivity index (χ0n) is 16.7. The van der Waals surface area contributed by atoms with Crippen LogP contribution < -0.4 is 24.8 Å². The van der Waals surface area contributed by atoms with Crippen molar-refractivity contribution in [1.29, 1.82) is 0 Å². The number of amides is 2. The van der Waals surface area contributed by atoms with Crippen LogP contribution in [0.4, 0.5) is 11.4 Å². The van der Waals surface area contributed by atoms with Crippen LogP contribution in [0, 0.1) is 0 Å². The van der Waals surface area contributed by atoms with Gasteiger partial charge in [0.25, 0.3) is 11.8 Å². The summed E-state index contributed by atoms with van der Waals surface area (Å²) in [5.41, 5.74) is 1.60. The van der Waals surface area contributed by atoms with E-state index in [1.807, 2.05) is 18.2 Å². The highest BCUT2D eigenvalue weighted by molar-refractivity contribution is 6.05. The van der Waals surface area contributed by atoms with E-state index in [2.05, 4.69) is 10.6 Å². The van der Waals surface area contributed by atoms with Crippen LogP contribution in [-0.2, 0) is 4.79 Å². The lowest BCUT2D eigenvalue weighted by molar-refractivity contribution is -0.118. The summed E-state index contributed by atoms with van der Waals surface area (Å²) in [6.45, 7) is -0.176. The van der Waals surface area contributed by atoms with E-state index in [4.69, 9.17) is 14.2 Å². The van der Waals surface area contributed by atoms with Gasteiger partial charge in [0, 0.05) is 5.56 Å². The molecule has 0 radical (unpaired) electrons. The second-order valence-electron chi connectivity index (χ2n) is 6.22. The van der Waals surface area contributed by atoms with Gasteiger partial charge in [-0.05, 0) is 48.5 Å². The fourth-order valence-electron chi connectivity index (χ4n) is 2.73. The molecular formula is C23H22N2O5. The molecule has 0 saturated heterocycles. The summed E-state index contributed by atoms with van der Waals surface area (Å²) in [6.07, 6.45) is 0. The van der Waals surface area contributed by atoms with Crippen LogP contribution >= 0.6 is 0 Å². The van der Waals surface area contributed by atoms with E-state index in [9.17, 15) is 9.59 Å². The molecular weight excluding hydrogens is 384 g/mol. The Hall–Kier alpha value is -4.00. The van der Waals surface area contributed by atoms with Crippen LogP contribution in [-0.4, -0.2) is 32.6 Å². The third kappa shape index (κ3) is 5.29. The Kier molecular flexibility index (Phi) is 6.89. The van der Waals surface area contributed by atoms with E-state index < -0.39 is 0 Å². The minimum absolute atomic E-state index is 0.176. The molecule has 0 aliphatic rings. The number of benzene rings is 3. The van der Waals surface area contributed by atoms with Gasteiger partial charge in [-0.25, -0.2) is 0 Å². The smallest absolute Gasteiger partial charge is 0.262 e. The summed E-state index contributed by atoms with van der Waals surface area (Å²) in [6, 6.07) is 20.8. The van der Waals surface area contributed by atoms with Gasteiger partial charge in [-0.1, -0.05) is 24.3 Å². The van der Waals surface area contributed by atoms with Gasteiger partial charge >= 0.3 is 0 Å². The van der Waals surface area contributed by atoms with Crippen molar-refractivity contribution < 1.29 is 23.8 Å². The van der Waals surface area contributed by atoms with Gasteiger partial charge in [0.05, 0.1) is 25.6 Å². The lowest BCUT2D eigenvalue weighted by atomic mass is 10.2. The van der Waals surface area contributed by atoms with Gasteiger partial charge in [-0.3, -0.25) is 9.59 Å². The minimum Gasteiger partial charge on any atom is -0.495 e. The maximum Gasteiger partial charge on any atom is 0.262 e. The summed E-state index contributed by atoms with van der Waals surface area (Å²) in [5, 5.41) is 5.54. The second kappa shape index (κ2) is 9.97. The number of hydrogen-bond donors (Lipinski definition) is 2. The Morgan fingerprint density at radius 1 is 0.733 bits per heavy atom. The number of anilines is 2. The molecule has 30 heavy (non-hydrogen) atoms. The molecule has 7 heteroatoms. The largest absolute Gasteiger partial charge is 0.495 e. The standard InChI is InChI=1S/C23H22N2O5/c1-28-20-9-5-3-7-18(20)24-22(26)15-30-17-13-11-16(12-14-17)23(27)25-19-8-4-6-10-21(19)29-2/h3-14H,15H2,1-2H3,(H,24,26)(H,25,27). The highest BCUT2D eigenvalue weighted by Crippen LogP contribution is 2.24. The topological polar surface area (TPSA) is 85.9 Å². The molecule has 0 heterocycles. The van der Waals surface area contributed by atoms with Crippen molar-refractivity contribution in [3.63, 3.8) is 0 Å².